The largest absolute Gasteiger partial charge is 0.447 e. The van der Waals surface area contributed by atoms with E-state index in [9.17, 15) is 4.79 Å². The summed E-state index contributed by atoms with van der Waals surface area (Å²) in [7, 11) is 0. The van der Waals surface area contributed by atoms with Crippen LogP contribution in [0.5, 0.6) is 0 Å². The lowest BCUT2D eigenvalue weighted by atomic mass is 9.91. The Hall–Kier alpha value is -0.640. The molecule has 13 heavy (non-hydrogen) atoms. The highest BCUT2D eigenvalue weighted by Crippen LogP contribution is 2.25. The van der Waals surface area contributed by atoms with Gasteiger partial charge in [-0.2, -0.15) is 0 Å². The molecule has 0 aliphatic rings. The van der Waals surface area contributed by atoms with Gasteiger partial charge < -0.3 is 4.42 Å². The predicted octanol–water partition coefficient (Wildman–Crippen LogP) is 2.55. The van der Waals surface area contributed by atoms with Gasteiger partial charge in [-0.15, -0.1) is 0 Å². The number of alkyl halides is 1. The highest BCUT2D eigenvalue weighted by molar-refractivity contribution is 9.09. The average molecular weight is 246 g/mol. The van der Waals surface area contributed by atoms with E-state index in [2.05, 4.69) is 20.9 Å². The summed E-state index contributed by atoms with van der Waals surface area (Å²) in [5.41, 5.74) is 0.258. The maximum Gasteiger partial charge on any atom is 0.195 e. The van der Waals surface area contributed by atoms with E-state index in [-0.39, 0.29) is 16.5 Å². The third-order valence-corrected chi connectivity index (χ3v) is 2.14. The molecule has 72 valence electrons. The molecule has 0 radical (unpaired) electrons. The molecular weight excluding hydrogens is 234 g/mol. The van der Waals surface area contributed by atoms with Crippen molar-refractivity contribution in [1.29, 1.82) is 0 Å². The maximum atomic E-state index is 11.4. The Morgan fingerprint density at radius 2 is 2.23 bits per heavy atom. The first-order valence-electron chi connectivity index (χ1n) is 4.00. The summed E-state index contributed by atoms with van der Waals surface area (Å²) in [5, 5.41) is 0.280. The van der Waals surface area contributed by atoms with Crippen LogP contribution in [0.25, 0.3) is 0 Å². The fraction of sp³-hybridized carbons (Fsp3) is 0.556. The van der Waals surface area contributed by atoms with Crippen LogP contribution in [0.15, 0.2) is 10.8 Å². The molecule has 0 spiro atoms. The highest BCUT2D eigenvalue weighted by atomic mass is 79.9. The minimum Gasteiger partial charge on any atom is -0.447 e. The lowest BCUT2D eigenvalue weighted by Crippen LogP contribution is -2.16. The Balaban J connectivity index is 3.10. The van der Waals surface area contributed by atoms with Crippen molar-refractivity contribution < 1.29 is 9.21 Å². The van der Waals surface area contributed by atoms with Gasteiger partial charge in [0.2, 0.25) is 0 Å². The first kappa shape index (κ1) is 10.4. The quantitative estimate of drug-likeness (QED) is 0.594. The number of carbonyl (C=O) groups is 1. The molecule has 1 rings (SSSR count). The van der Waals surface area contributed by atoms with Crippen LogP contribution in [0.4, 0.5) is 0 Å². The standard InChI is InChI=1S/C9H12BrNO2/c1-9(2,3)8-7(6(12)4-10)11-5-13-8/h5H,4H2,1-3H3. The van der Waals surface area contributed by atoms with Crippen molar-refractivity contribution in [3.8, 4) is 0 Å². The molecule has 1 aromatic rings. The lowest BCUT2D eigenvalue weighted by Gasteiger charge is -2.15. The van der Waals surface area contributed by atoms with E-state index >= 15 is 0 Å². The van der Waals surface area contributed by atoms with Gasteiger partial charge in [0, 0.05) is 5.41 Å². The summed E-state index contributed by atoms with van der Waals surface area (Å²) in [6.45, 7) is 5.95. The Morgan fingerprint density at radius 1 is 1.62 bits per heavy atom. The fourth-order valence-corrected chi connectivity index (χ4v) is 1.31. The molecule has 0 aromatic carbocycles. The third kappa shape index (κ3) is 2.18. The van der Waals surface area contributed by atoms with Crippen molar-refractivity contribution in [1.82, 2.24) is 4.98 Å². The Labute approximate surface area is 85.7 Å². The number of rotatable bonds is 2. The fourth-order valence-electron chi connectivity index (χ4n) is 1.04. The van der Waals surface area contributed by atoms with Crippen LogP contribution >= 0.6 is 15.9 Å². The summed E-state index contributed by atoms with van der Waals surface area (Å²) >= 11 is 3.11. The van der Waals surface area contributed by atoms with Gasteiger partial charge >= 0.3 is 0 Å². The predicted molar refractivity (Wildman–Crippen MR) is 53.3 cm³/mol. The Morgan fingerprint density at radius 3 is 2.69 bits per heavy atom. The molecule has 0 atom stereocenters. The molecule has 1 aromatic heterocycles. The van der Waals surface area contributed by atoms with Gasteiger partial charge in [0.15, 0.2) is 12.2 Å². The molecule has 0 amide bonds. The van der Waals surface area contributed by atoms with Gasteiger partial charge in [-0.05, 0) is 0 Å². The van der Waals surface area contributed by atoms with E-state index < -0.39 is 0 Å². The van der Waals surface area contributed by atoms with Crippen LogP contribution in [0.1, 0.15) is 37.0 Å². The second kappa shape index (κ2) is 3.62. The van der Waals surface area contributed by atoms with Crippen molar-refractivity contribution >= 4 is 21.7 Å². The van der Waals surface area contributed by atoms with E-state index in [4.69, 9.17) is 4.42 Å². The number of carbonyl (C=O) groups excluding carboxylic acids is 1. The number of aromatic nitrogens is 1. The van der Waals surface area contributed by atoms with E-state index in [1.165, 1.54) is 6.39 Å². The molecule has 0 aliphatic carbocycles. The second-order valence-corrected chi connectivity index (χ2v) is 4.40. The van der Waals surface area contributed by atoms with Crippen LogP contribution in [0.3, 0.4) is 0 Å². The Bertz CT molecular complexity index is 312. The van der Waals surface area contributed by atoms with E-state index in [0.29, 0.717) is 11.5 Å². The molecule has 0 N–H and O–H groups in total. The molecule has 0 aliphatic heterocycles. The van der Waals surface area contributed by atoms with Crippen molar-refractivity contribution in [3.05, 3.63) is 17.8 Å². The molecule has 0 unspecified atom stereocenters. The lowest BCUT2D eigenvalue weighted by molar-refractivity contribution is 0.101. The SMILES string of the molecule is CC(C)(C)c1ocnc1C(=O)CBr. The van der Waals surface area contributed by atoms with Crippen molar-refractivity contribution in [3.63, 3.8) is 0 Å². The van der Waals surface area contributed by atoms with Crippen LogP contribution < -0.4 is 0 Å². The number of halogens is 1. The number of hydrogen-bond donors (Lipinski definition) is 0. The van der Waals surface area contributed by atoms with Crippen molar-refractivity contribution in [2.75, 3.05) is 5.33 Å². The molecule has 3 nitrogen and oxygen atoms in total. The van der Waals surface area contributed by atoms with Gasteiger partial charge in [-0.25, -0.2) is 4.98 Å². The van der Waals surface area contributed by atoms with Crippen LogP contribution in [0, 0.1) is 0 Å². The smallest absolute Gasteiger partial charge is 0.195 e. The first-order valence-corrected chi connectivity index (χ1v) is 5.12. The van der Waals surface area contributed by atoms with Crippen LogP contribution in [0.2, 0.25) is 0 Å². The van der Waals surface area contributed by atoms with Gasteiger partial charge in [-0.1, -0.05) is 36.7 Å². The molecular formula is C9H12BrNO2. The summed E-state index contributed by atoms with van der Waals surface area (Å²) in [6, 6.07) is 0. The topological polar surface area (TPSA) is 43.1 Å². The highest BCUT2D eigenvalue weighted by Gasteiger charge is 2.26. The van der Waals surface area contributed by atoms with Crippen molar-refractivity contribution in [2.24, 2.45) is 0 Å². The summed E-state index contributed by atoms with van der Waals surface area (Å²) in [5.74, 6) is 0.607. The third-order valence-electron chi connectivity index (χ3n) is 1.63. The van der Waals surface area contributed by atoms with Gasteiger partial charge in [-0.3, -0.25) is 4.79 Å². The molecule has 4 heteroatoms. The van der Waals surface area contributed by atoms with Gasteiger partial charge in [0.25, 0.3) is 0 Å². The molecule has 0 saturated heterocycles. The van der Waals surface area contributed by atoms with Gasteiger partial charge in [0.1, 0.15) is 11.5 Å². The Kier molecular flexibility index (Phi) is 2.91. The summed E-state index contributed by atoms with van der Waals surface area (Å²) < 4.78 is 5.20. The number of Topliss-reactive ketones (excluding diaryl/α,β-unsaturated/α-hetero) is 1. The van der Waals surface area contributed by atoms with Crippen LogP contribution in [-0.4, -0.2) is 16.1 Å². The number of nitrogens with zero attached hydrogens (tertiary/aromatic N) is 1. The number of ketones is 1. The zero-order chi connectivity index (χ0) is 10.1. The zero-order valence-electron chi connectivity index (χ0n) is 7.93. The van der Waals surface area contributed by atoms with E-state index in [0.717, 1.165) is 0 Å². The van der Waals surface area contributed by atoms with Gasteiger partial charge in [0.05, 0.1) is 5.33 Å². The molecule has 0 bridgehead atoms. The van der Waals surface area contributed by atoms with Crippen LogP contribution in [-0.2, 0) is 5.41 Å². The minimum atomic E-state index is -0.177. The van der Waals surface area contributed by atoms with E-state index in [1.54, 1.807) is 0 Å². The van der Waals surface area contributed by atoms with Crippen molar-refractivity contribution in [2.45, 2.75) is 26.2 Å². The monoisotopic (exact) mass is 245 g/mol. The minimum absolute atomic E-state index is 0.0429. The average Bonchev–Trinajstić information content (AvgIpc) is 2.49. The second-order valence-electron chi connectivity index (χ2n) is 3.84. The first-order chi connectivity index (χ1) is 5.96. The van der Waals surface area contributed by atoms with E-state index in [1.807, 2.05) is 20.8 Å². The molecule has 1 heterocycles. The zero-order valence-corrected chi connectivity index (χ0v) is 9.51. The number of oxazole rings is 1. The normalized spacial score (nSPS) is 11.7. The molecule has 0 saturated carbocycles. The summed E-state index contributed by atoms with van der Waals surface area (Å²) in [6.07, 6.45) is 1.32. The number of hydrogen-bond acceptors (Lipinski definition) is 3. The maximum absolute atomic E-state index is 11.4. The summed E-state index contributed by atoms with van der Waals surface area (Å²) in [4.78, 5) is 15.3. The molecule has 0 fully saturated rings.